The maximum atomic E-state index is 13.2. The molecule has 0 heterocycles. The fraction of sp³-hybridized carbons (Fsp3) is 0.533. The Kier molecular flexibility index (Phi) is 4.53. The van der Waals surface area contributed by atoms with Crippen LogP contribution in [0, 0.1) is 5.82 Å². The van der Waals surface area contributed by atoms with Crippen molar-refractivity contribution < 1.29 is 9.18 Å². The van der Waals surface area contributed by atoms with Crippen molar-refractivity contribution >= 4 is 5.91 Å². The maximum Gasteiger partial charge on any atom is 0.240 e. The molecule has 2 rings (SSSR count). The van der Waals surface area contributed by atoms with E-state index in [1.54, 1.807) is 6.07 Å². The first kappa shape index (κ1) is 14.0. The predicted octanol–water partition coefficient (Wildman–Crippen LogP) is 2.44. The van der Waals surface area contributed by atoms with Crippen molar-refractivity contribution in [3.8, 4) is 0 Å². The van der Waals surface area contributed by atoms with Crippen molar-refractivity contribution in [2.45, 2.75) is 51.2 Å². The standard InChI is InChI=1S/C15H21FN2O/c1-2-4-14(17)15(19)18(13-7-8-13)10-11-5-3-6-12(16)9-11/h3,5-6,9,13-14H,2,4,7-8,10,17H2,1H3/t14-/m1/s1. The number of carbonyl (C=O) groups is 1. The molecule has 0 aromatic heterocycles. The molecule has 1 fully saturated rings. The van der Waals surface area contributed by atoms with Crippen LogP contribution >= 0.6 is 0 Å². The summed E-state index contributed by atoms with van der Waals surface area (Å²) in [6.45, 7) is 2.47. The van der Waals surface area contributed by atoms with Crippen molar-refractivity contribution in [3.63, 3.8) is 0 Å². The lowest BCUT2D eigenvalue weighted by molar-refractivity contribution is -0.134. The van der Waals surface area contributed by atoms with E-state index in [-0.39, 0.29) is 11.7 Å². The van der Waals surface area contributed by atoms with Gasteiger partial charge in [0.1, 0.15) is 5.82 Å². The summed E-state index contributed by atoms with van der Waals surface area (Å²) >= 11 is 0. The predicted molar refractivity (Wildman–Crippen MR) is 72.9 cm³/mol. The summed E-state index contributed by atoms with van der Waals surface area (Å²) < 4.78 is 13.2. The summed E-state index contributed by atoms with van der Waals surface area (Å²) in [5, 5.41) is 0. The van der Waals surface area contributed by atoms with E-state index in [2.05, 4.69) is 0 Å². The Hall–Kier alpha value is -1.42. The Bertz CT molecular complexity index is 446. The van der Waals surface area contributed by atoms with Crippen LogP contribution in [0.4, 0.5) is 4.39 Å². The van der Waals surface area contributed by atoms with Crippen LogP contribution in [0.15, 0.2) is 24.3 Å². The second-order valence-corrected chi connectivity index (χ2v) is 5.22. The lowest BCUT2D eigenvalue weighted by atomic mass is 10.1. The molecule has 1 saturated carbocycles. The topological polar surface area (TPSA) is 46.3 Å². The number of rotatable bonds is 6. The number of hydrogen-bond acceptors (Lipinski definition) is 2. The number of nitrogens with zero attached hydrogens (tertiary/aromatic N) is 1. The zero-order chi connectivity index (χ0) is 13.8. The number of halogens is 1. The molecule has 0 unspecified atom stereocenters. The van der Waals surface area contributed by atoms with E-state index in [1.165, 1.54) is 12.1 Å². The summed E-state index contributed by atoms with van der Waals surface area (Å²) in [7, 11) is 0. The van der Waals surface area contributed by atoms with E-state index in [0.717, 1.165) is 24.8 Å². The molecule has 0 spiro atoms. The lowest BCUT2D eigenvalue weighted by Gasteiger charge is -2.25. The highest BCUT2D eigenvalue weighted by Crippen LogP contribution is 2.29. The molecule has 1 aromatic carbocycles. The van der Waals surface area contributed by atoms with Crippen molar-refractivity contribution in [2.24, 2.45) is 5.73 Å². The average Bonchev–Trinajstić information content (AvgIpc) is 3.20. The molecule has 19 heavy (non-hydrogen) atoms. The zero-order valence-corrected chi connectivity index (χ0v) is 11.3. The Morgan fingerprint density at radius 3 is 2.84 bits per heavy atom. The molecule has 0 aliphatic heterocycles. The molecule has 0 bridgehead atoms. The SMILES string of the molecule is CCC[C@@H](N)C(=O)N(Cc1cccc(F)c1)C1CC1. The van der Waals surface area contributed by atoms with Gasteiger partial charge in [0.15, 0.2) is 0 Å². The van der Waals surface area contributed by atoms with Crippen LogP contribution in [-0.2, 0) is 11.3 Å². The average molecular weight is 264 g/mol. The fourth-order valence-electron chi connectivity index (χ4n) is 2.25. The smallest absolute Gasteiger partial charge is 0.240 e. The normalized spacial score (nSPS) is 16.2. The van der Waals surface area contributed by atoms with Crippen LogP contribution < -0.4 is 5.73 Å². The van der Waals surface area contributed by atoms with Crippen LogP contribution in [0.25, 0.3) is 0 Å². The summed E-state index contributed by atoms with van der Waals surface area (Å²) in [6, 6.07) is 6.27. The van der Waals surface area contributed by atoms with Crippen LogP contribution in [0.5, 0.6) is 0 Å². The van der Waals surface area contributed by atoms with E-state index < -0.39 is 6.04 Å². The van der Waals surface area contributed by atoms with E-state index in [1.807, 2.05) is 17.9 Å². The molecule has 1 atom stereocenters. The summed E-state index contributed by atoms with van der Waals surface area (Å²) in [5.41, 5.74) is 6.74. The van der Waals surface area contributed by atoms with E-state index in [0.29, 0.717) is 19.0 Å². The fourth-order valence-corrected chi connectivity index (χ4v) is 2.25. The van der Waals surface area contributed by atoms with Crippen molar-refractivity contribution in [2.75, 3.05) is 0 Å². The second-order valence-electron chi connectivity index (χ2n) is 5.22. The van der Waals surface area contributed by atoms with Crippen LogP contribution in [-0.4, -0.2) is 22.9 Å². The Morgan fingerprint density at radius 1 is 1.53 bits per heavy atom. The van der Waals surface area contributed by atoms with Gasteiger partial charge in [0.05, 0.1) is 6.04 Å². The highest BCUT2D eigenvalue weighted by atomic mass is 19.1. The summed E-state index contributed by atoms with van der Waals surface area (Å²) in [5.74, 6) is -0.271. The van der Waals surface area contributed by atoms with Gasteiger partial charge in [-0.2, -0.15) is 0 Å². The maximum absolute atomic E-state index is 13.2. The minimum atomic E-state index is -0.431. The van der Waals surface area contributed by atoms with Gasteiger partial charge in [-0.25, -0.2) is 4.39 Å². The van der Waals surface area contributed by atoms with Gasteiger partial charge in [0.25, 0.3) is 0 Å². The first-order valence-corrected chi connectivity index (χ1v) is 6.92. The number of benzene rings is 1. The minimum absolute atomic E-state index is 0.00592. The van der Waals surface area contributed by atoms with Crippen molar-refractivity contribution in [1.82, 2.24) is 4.90 Å². The Balaban J connectivity index is 2.06. The van der Waals surface area contributed by atoms with Gasteiger partial charge in [-0.05, 0) is 37.0 Å². The highest BCUT2D eigenvalue weighted by molar-refractivity contribution is 5.82. The lowest BCUT2D eigenvalue weighted by Crippen LogP contribution is -2.44. The van der Waals surface area contributed by atoms with Crippen LogP contribution in [0.1, 0.15) is 38.2 Å². The molecule has 1 aliphatic rings. The Labute approximate surface area is 113 Å². The Morgan fingerprint density at radius 2 is 2.26 bits per heavy atom. The summed E-state index contributed by atoms with van der Waals surface area (Å²) in [6.07, 6.45) is 3.65. The minimum Gasteiger partial charge on any atom is -0.334 e. The molecule has 104 valence electrons. The van der Waals surface area contributed by atoms with E-state index in [4.69, 9.17) is 5.73 Å². The van der Waals surface area contributed by atoms with Crippen molar-refractivity contribution in [1.29, 1.82) is 0 Å². The number of hydrogen-bond donors (Lipinski definition) is 1. The highest BCUT2D eigenvalue weighted by Gasteiger charge is 2.34. The number of amides is 1. The van der Waals surface area contributed by atoms with Gasteiger partial charge in [-0.15, -0.1) is 0 Å². The first-order valence-electron chi connectivity index (χ1n) is 6.92. The quantitative estimate of drug-likeness (QED) is 0.857. The van der Waals surface area contributed by atoms with E-state index >= 15 is 0 Å². The molecule has 0 saturated heterocycles. The third kappa shape index (κ3) is 3.77. The van der Waals surface area contributed by atoms with Crippen LogP contribution in [0.3, 0.4) is 0 Å². The van der Waals surface area contributed by atoms with Crippen LogP contribution in [0.2, 0.25) is 0 Å². The van der Waals surface area contributed by atoms with Gasteiger partial charge in [-0.1, -0.05) is 25.5 Å². The zero-order valence-electron chi connectivity index (χ0n) is 11.3. The van der Waals surface area contributed by atoms with Gasteiger partial charge < -0.3 is 10.6 Å². The van der Waals surface area contributed by atoms with E-state index in [9.17, 15) is 9.18 Å². The third-order valence-corrected chi connectivity index (χ3v) is 3.43. The van der Waals surface area contributed by atoms with Crippen molar-refractivity contribution in [3.05, 3.63) is 35.6 Å². The molecule has 1 aliphatic carbocycles. The molecule has 0 radical (unpaired) electrons. The van der Waals surface area contributed by atoms with Gasteiger partial charge >= 0.3 is 0 Å². The largest absolute Gasteiger partial charge is 0.334 e. The molecule has 1 aromatic rings. The molecule has 2 N–H and O–H groups in total. The molecule has 3 nitrogen and oxygen atoms in total. The molecular weight excluding hydrogens is 243 g/mol. The van der Waals surface area contributed by atoms with Gasteiger partial charge in [0.2, 0.25) is 5.91 Å². The molecule has 4 heteroatoms. The third-order valence-electron chi connectivity index (χ3n) is 3.43. The first-order chi connectivity index (χ1) is 9.11. The number of nitrogens with two attached hydrogens (primary N) is 1. The molecule has 1 amide bonds. The number of carbonyl (C=O) groups excluding carboxylic acids is 1. The van der Waals surface area contributed by atoms with Gasteiger partial charge in [-0.3, -0.25) is 4.79 Å². The monoisotopic (exact) mass is 264 g/mol. The second kappa shape index (κ2) is 6.15. The van der Waals surface area contributed by atoms with Gasteiger partial charge in [0, 0.05) is 12.6 Å². The summed E-state index contributed by atoms with van der Waals surface area (Å²) in [4.78, 5) is 14.1. The molecular formula is C15H21FN2O.